The van der Waals surface area contributed by atoms with Gasteiger partial charge < -0.3 is 33.2 Å². The van der Waals surface area contributed by atoms with Gasteiger partial charge in [-0.1, -0.05) is 26.2 Å². The fourth-order valence-corrected chi connectivity index (χ4v) is 3.75. The van der Waals surface area contributed by atoms with Crippen molar-refractivity contribution in [3.8, 4) is 11.5 Å². The van der Waals surface area contributed by atoms with Crippen LogP contribution in [0, 0.1) is 0 Å². The first kappa shape index (κ1) is 29.9. The molecule has 0 radical (unpaired) electrons. The summed E-state index contributed by atoms with van der Waals surface area (Å²) < 4.78 is 38.8. The third-order valence-corrected chi connectivity index (χ3v) is 5.29. The van der Waals surface area contributed by atoms with E-state index >= 15 is 0 Å². The lowest BCUT2D eigenvalue weighted by atomic mass is 9.98. The second kappa shape index (κ2) is 15.0. The molecule has 0 spiro atoms. The van der Waals surface area contributed by atoms with Gasteiger partial charge in [0.2, 0.25) is 12.4 Å². The molecule has 0 saturated carbocycles. The summed E-state index contributed by atoms with van der Waals surface area (Å²) in [5, 5.41) is 0. The molecule has 2 rings (SSSR count). The number of hydrogen-bond acceptors (Lipinski definition) is 11. The van der Waals surface area contributed by atoms with Crippen LogP contribution in [0.4, 0.5) is 0 Å². The topological polar surface area (TPSA) is 133 Å². The van der Waals surface area contributed by atoms with Gasteiger partial charge in [0.05, 0.1) is 6.61 Å². The number of carbonyl (C=O) groups excluding carboxylic acids is 4. The van der Waals surface area contributed by atoms with Gasteiger partial charge in [0.25, 0.3) is 0 Å². The van der Waals surface area contributed by atoms with Crippen molar-refractivity contribution < 1.29 is 52.3 Å². The van der Waals surface area contributed by atoms with E-state index in [4.69, 9.17) is 33.2 Å². The summed E-state index contributed by atoms with van der Waals surface area (Å²) in [5.74, 6) is -1.72. The van der Waals surface area contributed by atoms with Crippen molar-refractivity contribution in [3.63, 3.8) is 0 Å². The predicted octanol–water partition coefficient (Wildman–Crippen LogP) is 3.11. The van der Waals surface area contributed by atoms with Crippen molar-refractivity contribution in [2.75, 3.05) is 13.2 Å². The zero-order chi connectivity index (χ0) is 27.4. The zero-order valence-corrected chi connectivity index (χ0v) is 21.9. The molecule has 0 unspecified atom stereocenters. The van der Waals surface area contributed by atoms with Gasteiger partial charge >= 0.3 is 23.9 Å². The lowest BCUT2D eigenvalue weighted by Crippen LogP contribution is -2.63. The third-order valence-electron chi connectivity index (χ3n) is 5.29. The Morgan fingerprint density at radius 2 is 1.30 bits per heavy atom. The van der Waals surface area contributed by atoms with E-state index in [-0.39, 0.29) is 6.61 Å². The molecular weight excluding hydrogens is 488 g/mol. The minimum Gasteiger partial charge on any atom is -0.494 e. The highest BCUT2D eigenvalue weighted by atomic mass is 16.7. The van der Waals surface area contributed by atoms with Crippen LogP contribution in [0.2, 0.25) is 0 Å². The maximum Gasteiger partial charge on any atom is 0.303 e. The molecule has 0 N–H and O–H groups in total. The summed E-state index contributed by atoms with van der Waals surface area (Å²) in [4.78, 5) is 47.1. The highest BCUT2D eigenvalue weighted by molar-refractivity contribution is 5.68. The number of benzene rings is 1. The van der Waals surface area contributed by atoms with E-state index in [1.54, 1.807) is 24.3 Å². The van der Waals surface area contributed by atoms with E-state index in [0.717, 1.165) is 39.5 Å². The van der Waals surface area contributed by atoms with Crippen LogP contribution in [0.3, 0.4) is 0 Å². The highest BCUT2D eigenvalue weighted by Gasteiger charge is 2.53. The van der Waals surface area contributed by atoms with Crippen LogP contribution in [0.25, 0.3) is 0 Å². The summed E-state index contributed by atoms with van der Waals surface area (Å²) in [6.45, 7) is 7.10. The maximum absolute atomic E-state index is 11.9. The Morgan fingerprint density at radius 1 is 0.730 bits per heavy atom. The van der Waals surface area contributed by atoms with Crippen LogP contribution in [-0.4, -0.2) is 67.8 Å². The predicted molar refractivity (Wildman–Crippen MR) is 129 cm³/mol. The van der Waals surface area contributed by atoms with Gasteiger partial charge in [-0.05, 0) is 30.7 Å². The second-order valence-corrected chi connectivity index (χ2v) is 8.57. The van der Waals surface area contributed by atoms with Gasteiger partial charge in [-0.3, -0.25) is 19.2 Å². The molecule has 1 aromatic rings. The number of esters is 4. The quantitative estimate of drug-likeness (QED) is 0.214. The van der Waals surface area contributed by atoms with Crippen LogP contribution in [-0.2, 0) is 42.9 Å². The Bertz CT molecular complexity index is 898. The molecule has 1 heterocycles. The molecule has 0 aromatic heterocycles. The molecule has 11 nitrogen and oxygen atoms in total. The maximum atomic E-state index is 11.9. The molecule has 37 heavy (non-hydrogen) atoms. The first-order chi connectivity index (χ1) is 17.6. The fourth-order valence-electron chi connectivity index (χ4n) is 3.75. The van der Waals surface area contributed by atoms with E-state index in [0.29, 0.717) is 18.1 Å². The summed E-state index contributed by atoms with van der Waals surface area (Å²) >= 11 is 0. The van der Waals surface area contributed by atoms with E-state index in [9.17, 15) is 19.2 Å². The van der Waals surface area contributed by atoms with Crippen LogP contribution in [0.1, 0.15) is 60.3 Å². The Morgan fingerprint density at radius 3 is 1.86 bits per heavy atom. The molecule has 206 valence electrons. The molecule has 0 bridgehead atoms. The third kappa shape index (κ3) is 10.3. The first-order valence-electron chi connectivity index (χ1n) is 12.3. The van der Waals surface area contributed by atoms with E-state index in [2.05, 4.69) is 6.92 Å². The highest BCUT2D eigenvalue weighted by Crippen LogP contribution is 2.31. The van der Waals surface area contributed by atoms with E-state index < -0.39 is 54.6 Å². The molecule has 0 amide bonds. The van der Waals surface area contributed by atoms with Gasteiger partial charge in [-0.15, -0.1) is 0 Å². The lowest BCUT2D eigenvalue weighted by Gasteiger charge is -2.43. The van der Waals surface area contributed by atoms with Crippen molar-refractivity contribution in [1.29, 1.82) is 0 Å². The molecule has 1 aliphatic rings. The molecule has 0 aliphatic carbocycles. The average Bonchev–Trinajstić information content (AvgIpc) is 2.81. The Hall–Kier alpha value is -3.34. The second-order valence-electron chi connectivity index (χ2n) is 8.57. The smallest absolute Gasteiger partial charge is 0.303 e. The van der Waals surface area contributed by atoms with Crippen LogP contribution in [0.5, 0.6) is 11.5 Å². The van der Waals surface area contributed by atoms with E-state index in [1.165, 1.54) is 13.8 Å². The Labute approximate surface area is 216 Å². The van der Waals surface area contributed by atoms with Crippen molar-refractivity contribution in [2.45, 2.75) is 91.0 Å². The molecule has 1 aliphatic heterocycles. The molecule has 1 fully saturated rings. The Balaban J connectivity index is 2.26. The zero-order valence-electron chi connectivity index (χ0n) is 21.9. The lowest BCUT2D eigenvalue weighted by molar-refractivity contribution is -0.288. The standard InChI is InChI=1S/C26H36O11/c1-6-7-8-9-14-31-20-10-12-21(13-11-20)36-26-25(35-19(5)30)24(34-18(4)29)23(33-17(3)28)22(37-26)15-32-16(2)27/h10-13,22-26H,6-9,14-15H2,1-5H3/t22-,23+,24+,25+,26+/m0/s1. The molecule has 1 aromatic carbocycles. The van der Waals surface area contributed by atoms with Crippen molar-refractivity contribution >= 4 is 23.9 Å². The minimum atomic E-state index is -1.30. The molecule has 11 heteroatoms. The summed E-state index contributed by atoms with van der Waals surface area (Å²) in [6, 6.07) is 6.74. The number of rotatable bonds is 13. The monoisotopic (exact) mass is 524 g/mol. The first-order valence-corrected chi connectivity index (χ1v) is 12.3. The summed E-state index contributed by atoms with van der Waals surface area (Å²) in [6.07, 6.45) is -1.85. The number of ether oxygens (including phenoxy) is 7. The van der Waals surface area contributed by atoms with Crippen LogP contribution >= 0.6 is 0 Å². The van der Waals surface area contributed by atoms with Crippen LogP contribution < -0.4 is 9.47 Å². The van der Waals surface area contributed by atoms with E-state index in [1.807, 2.05) is 0 Å². The van der Waals surface area contributed by atoms with Gasteiger partial charge in [-0.2, -0.15) is 0 Å². The normalized spacial score (nSPS) is 22.9. The van der Waals surface area contributed by atoms with Gasteiger partial charge in [0.15, 0.2) is 12.2 Å². The minimum absolute atomic E-state index is 0.331. The van der Waals surface area contributed by atoms with Gasteiger partial charge in [0, 0.05) is 27.7 Å². The molecule has 5 atom stereocenters. The summed E-state index contributed by atoms with van der Waals surface area (Å²) in [5.41, 5.74) is 0. The number of carbonyl (C=O) groups is 4. The van der Waals surface area contributed by atoms with Crippen LogP contribution in [0.15, 0.2) is 24.3 Å². The fraction of sp³-hybridized carbons (Fsp3) is 0.615. The average molecular weight is 525 g/mol. The number of hydrogen-bond donors (Lipinski definition) is 0. The SMILES string of the molecule is CCCCCCOc1ccc(O[C@@H]2O[C@@H](COC(C)=O)[C@@H](OC(C)=O)[C@@H](OC(C)=O)[C@H]2OC(C)=O)cc1. The Kier molecular flexibility index (Phi) is 12.1. The molecular formula is C26H36O11. The largest absolute Gasteiger partial charge is 0.494 e. The van der Waals surface area contributed by atoms with Crippen molar-refractivity contribution in [1.82, 2.24) is 0 Å². The van der Waals surface area contributed by atoms with Gasteiger partial charge in [-0.25, -0.2) is 0 Å². The van der Waals surface area contributed by atoms with Crippen molar-refractivity contribution in [2.24, 2.45) is 0 Å². The van der Waals surface area contributed by atoms with Crippen molar-refractivity contribution in [3.05, 3.63) is 24.3 Å². The molecule has 1 saturated heterocycles. The summed E-state index contributed by atoms with van der Waals surface area (Å²) in [7, 11) is 0. The van der Waals surface area contributed by atoms with Gasteiger partial charge in [0.1, 0.15) is 24.2 Å². The number of unbranched alkanes of at least 4 members (excludes halogenated alkanes) is 3.